The number of rotatable bonds is 8. The highest BCUT2D eigenvalue weighted by atomic mass is 16.5. The van der Waals surface area contributed by atoms with E-state index in [1.807, 2.05) is 42.5 Å². The molecule has 0 aliphatic heterocycles. The summed E-state index contributed by atoms with van der Waals surface area (Å²) in [5.74, 6) is 1.55. The van der Waals surface area contributed by atoms with Crippen LogP contribution in [0.1, 0.15) is 11.1 Å². The number of aromatic amines is 1. The maximum Gasteiger partial charge on any atom is 0.122 e. The van der Waals surface area contributed by atoms with Gasteiger partial charge in [0, 0.05) is 27.7 Å². The fraction of sp³-hybridized carbons (Fsp3) is 0.0833. The monoisotopic (exact) mass is 413 g/mol. The highest BCUT2D eigenvalue weighted by Crippen LogP contribution is 2.26. The summed E-state index contributed by atoms with van der Waals surface area (Å²) in [4.78, 5) is 3.37. The average molecular weight is 413 g/mol. The van der Waals surface area contributed by atoms with Gasteiger partial charge >= 0.3 is 0 Å². The van der Waals surface area contributed by atoms with Gasteiger partial charge in [0.25, 0.3) is 0 Å². The molecule has 7 nitrogen and oxygen atoms in total. The first-order valence-corrected chi connectivity index (χ1v) is 9.77. The average Bonchev–Trinajstić information content (AvgIpc) is 3.21. The zero-order valence-electron chi connectivity index (χ0n) is 16.8. The van der Waals surface area contributed by atoms with Crippen LogP contribution in [0.3, 0.4) is 0 Å². The van der Waals surface area contributed by atoms with Gasteiger partial charge in [0.1, 0.15) is 36.4 Å². The summed E-state index contributed by atoms with van der Waals surface area (Å²) in [7, 11) is 0. The molecule has 4 rings (SSSR count). The summed E-state index contributed by atoms with van der Waals surface area (Å²) in [5, 5.41) is 16.0. The molecule has 31 heavy (non-hydrogen) atoms. The van der Waals surface area contributed by atoms with Crippen molar-refractivity contribution in [2.75, 3.05) is 13.2 Å². The van der Waals surface area contributed by atoms with E-state index >= 15 is 0 Å². The lowest BCUT2D eigenvalue weighted by Crippen LogP contribution is -2.11. The van der Waals surface area contributed by atoms with E-state index < -0.39 is 0 Å². The molecule has 3 aromatic carbocycles. The first kappa shape index (κ1) is 20.0. The van der Waals surface area contributed by atoms with Gasteiger partial charge in [-0.25, -0.2) is 0 Å². The van der Waals surface area contributed by atoms with Gasteiger partial charge in [0.15, 0.2) is 0 Å². The second kappa shape index (κ2) is 8.62. The minimum atomic E-state index is 0.0339. The van der Waals surface area contributed by atoms with Crippen molar-refractivity contribution in [3.05, 3.63) is 83.9 Å². The summed E-state index contributed by atoms with van der Waals surface area (Å²) in [6.07, 6.45) is 0. The zero-order valence-corrected chi connectivity index (χ0v) is 16.8. The SMILES string of the molecule is N=C(N)c1ccc(OCCOc2ccc(-c3cc4ccc(C(=N)N)cc4[nH]3)cc2)cc1. The third-order valence-electron chi connectivity index (χ3n) is 4.88. The Kier molecular flexibility index (Phi) is 5.57. The molecule has 0 atom stereocenters. The van der Waals surface area contributed by atoms with E-state index in [9.17, 15) is 0 Å². The van der Waals surface area contributed by atoms with Crippen molar-refractivity contribution in [2.45, 2.75) is 0 Å². The topological polar surface area (TPSA) is 134 Å². The van der Waals surface area contributed by atoms with Gasteiger partial charge in [0.05, 0.1) is 0 Å². The van der Waals surface area contributed by atoms with Gasteiger partial charge in [-0.2, -0.15) is 0 Å². The Hall–Kier alpha value is -4.26. The lowest BCUT2D eigenvalue weighted by atomic mass is 10.1. The fourth-order valence-electron chi connectivity index (χ4n) is 3.23. The Balaban J connectivity index is 1.33. The predicted molar refractivity (Wildman–Crippen MR) is 123 cm³/mol. The van der Waals surface area contributed by atoms with Crippen molar-refractivity contribution in [3.63, 3.8) is 0 Å². The number of hydrogen-bond donors (Lipinski definition) is 5. The molecule has 1 aromatic heterocycles. The molecule has 0 radical (unpaired) electrons. The Morgan fingerprint density at radius 3 is 1.84 bits per heavy atom. The number of benzene rings is 3. The van der Waals surface area contributed by atoms with E-state index in [1.165, 1.54) is 0 Å². The van der Waals surface area contributed by atoms with Crippen LogP contribution >= 0.6 is 0 Å². The van der Waals surface area contributed by atoms with Gasteiger partial charge in [0.2, 0.25) is 0 Å². The molecule has 0 aliphatic rings. The lowest BCUT2D eigenvalue weighted by molar-refractivity contribution is 0.217. The maximum atomic E-state index is 7.58. The number of nitrogens with one attached hydrogen (secondary N) is 3. The van der Waals surface area contributed by atoms with Crippen molar-refractivity contribution in [3.8, 4) is 22.8 Å². The standard InChI is InChI=1S/C24H23N5O2/c25-23(26)16-5-9-20(10-6-16)31-12-11-30-19-7-3-15(4-8-19)21-13-17-1-2-18(24(27)28)14-22(17)29-21/h1-10,13-14,29H,11-12H2,(H3,25,26)(H3,27,28). The minimum Gasteiger partial charge on any atom is -0.490 e. The number of ether oxygens (including phenoxy) is 2. The molecule has 0 saturated carbocycles. The molecule has 0 amide bonds. The van der Waals surface area contributed by atoms with Crippen LogP contribution in [-0.4, -0.2) is 29.9 Å². The molecular weight excluding hydrogens is 390 g/mol. The van der Waals surface area contributed by atoms with Crippen LogP contribution in [-0.2, 0) is 0 Å². The van der Waals surface area contributed by atoms with Crippen LogP contribution in [0, 0.1) is 10.8 Å². The molecule has 0 saturated heterocycles. The van der Waals surface area contributed by atoms with Crippen LogP contribution < -0.4 is 20.9 Å². The number of fused-ring (bicyclic) bond motifs is 1. The Labute approximate surface area is 179 Å². The summed E-state index contributed by atoms with van der Waals surface area (Å²) in [6, 6.07) is 22.6. The summed E-state index contributed by atoms with van der Waals surface area (Å²) < 4.78 is 11.4. The molecule has 7 heteroatoms. The second-order valence-electron chi connectivity index (χ2n) is 7.06. The molecular formula is C24H23N5O2. The van der Waals surface area contributed by atoms with Crippen LogP contribution in [0.5, 0.6) is 11.5 Å². The van der Waals surface area contributed by atoms with Gasteiger partial charge in [-0.1, -0.05) is 12.1 Å². The largest absolute Gasteiger partial charge is 0.490 e. The van der Waals surface area contributed by atoms with E-state index in [4.69, 9.17) is 31.8 Å². The van der Waals surface area contributed by atoms with Crippen LogP contribution in [0.2, 0.25) is 0 Å². The smallest absolute Gasteiger partial charge is 0.122 e. The van der Waals surface area contributed by atoms with E-state index in [2.05, 4.69) is 11.1 Å². The van der Waals surface area contributed by atoms with E-state index in [0.29, 0.717) is 30.1 Å². The Morgan fingerprint density at radius 2 is 1.26 bits per heavy atom. The number of hydrogen-bond acceptors (Lipinski definition) is 4. The molecule has 0 spiro atoms. The first-order valence-electron chi connectivity index (χ1n) is 9.77. The molecule has 1 heterocycles. The van der Waals surface area contributed by atoms with Crippen molar-refractivity contribution in [2.24, 2.45) is 11.5 Å². The van der Waals surface area contributed by atoms with Crippen molar-refractivity contribution < 1.29 is 9.47 Å². The molecule has 0 fully saturated rings. The minimum absolute atomic E-state index is 0.0339. The third-order valence-corrected chi connectivity index (χ3v) is 4.88. The molecule has 156 valence electrons. The summed E-state index contributed by atoms with van der Waals surface area (Å²) in [6.45, 7) is 0.815. The van der Waals surface area contributed by atoms with Crippen LogP contribution in [0.15, 0.2) is 72.8 Å². The van der Waals surface area contributed by atoms with Gasteiger partial charge < -0.3 is 25.9 Å². The van der Waals surface area contributed by atoms with Crippen molar-refractivity contribution in [1.82, 2.24) is 4.98 Å². The second-order valence-corrected chi connectivity index (χ2v) is 7.06. The molecule has 0 unspecified atom stereocenters. The number of nitrogen functional groups attached to an aromatic ring is 2. The normalized spacial score (nSPS) is 10.7. The lowest BCUT2D eigenvalue weighted by Gasteiger charge is -2.09. The maximum absolute atomic E-state index is 7.58. The van der Waals surface area contributed by atoms with E-state index in [-0.39, 0.29) is 11.7 Å². The van der Waals surface area contributed by atoms with Crippen LogP contribution in [0.4, 0.5) is 0 Å². The Morgan fingerprint density at radius 1 is 0.710 bits per heavy atom. The molecule has 4 aromatic rings. The molecule has 0 aliphatic carbocycles. The molecule has 7 N–H and O–H groups in total. The van der Waals surface area contributed by atoms with Gasteiger partial charge in [-0.05, 0) is 66.2 Å². The van der Waals surface area contributed by atoms with Crippen molar-refractivity contribution in [1.29, 1.82) is 10.8 Å². The highest BCUT2D eigenvalue weighted by molar-refractivity contribution is 5.99. The first-order chi connectivity index (χ1) is 15.0. The number of aromatic nitrogens is 1. The predicted octanol–water partition coefficient (Wildman–Crippen LogP) is 3.86. The van der Waals surface area contributed by atoms with E-state index in [1.54, 1.807) is 24.3 Å². The van der Waals surface area contributed by atoms with Gasteiger partial charge in [-0.15, -0.1) is 0 Å². The number of amidine groups is 2. The van der Waals surface area contributed by atoms with E-state index in [0.717, 1.165) is 27.9 Å². The third kappa shape index (κ3) is 4.67. The van der Waals surface area contributed by atoms with Gasteiger partial charge in [-0.3, -0.25) is 10.8 Å². The summed E-state index contributed by atoms with van der Waals surface area (Å²) >= 11 is 0. The van der Waals surface area contributed by atoms with Crippen molar-refractivity contribution >= 4 is 22.6 Å². The number of nitrogens with two attached hydrogens (primary N) is 2. The quantitative estimate of drug-likeness (QED) is 0.170. The molecule has 0 bridgehead atoms. The number of H-pyrrole nitrogens is 1. The van der Waals surface area contributed by atoms with Crippen LogP contribution in [0.25, 0.3) is 22.2 Å². The highest BCUT2D eigenvalue weighted by Gasteiger charge is 2.06. The fourth-order valence-corrected chi connectivity index (χ4v) is 3.23. The summed E-state index contributed by atoms with van der Waals surface area (Å²) in [5.41, 5.74) is 15.3. The Bertz CT molecular complexity index is 1230. The zero-order chi connectivity index (χ0) is 21.8.